The lowest BCUT2D eigenvalue weighted by molar-refractivity contribution is 0.0952. The number of amides is 1. The van der Waals surface area contributed by atoms with Gasteiger partial charge in [0.15, 0.2) is 0 Å². The number of nitrogens with zero attached hydrogens (tertiary/aromatic N) is 2. The maximum Gasteiger partial charge on any atom is 0.282 e. The summed E-state index contributed by atoms with van der Waals surface area (Å²) in [6.45, 7) is 3.48. The minimum absolute atomic E-state index is 0.124. The molecule has 5 nitrogen and oxygen atoms in total. The summed E-state index contributed by atoms with van der Waals surface area (Å²) in [5.74, 6) is 1.07. The zero-order valence-electron chi connectivity index (χ0n) is 10.9. The normalized spacial score (nSPS) is 10.3. The van der Waals surface area contributed by atoms with Crippen molar-refractivity contribution in [2.75, 3.05) is 30.4 Å². The van der Waals surface area contributed by atoms with Crippen LogP contribution in [0.15, 0.2) is 0 Å². The van der Waals surface area contributed by atoms with Gasteiger partial charge in [-0.2, -0.15) is 11.8 Å². The molecule has 1 aromatic rings. The molecular weight excluding hydrogens is 268 g/mol. The SMILES string of the molecule is CCNc1nnc(C(=O)NCCCCCSC)s1. The molecular formula is C11H20N4OS2. The topological polar surface area (TPSA) is 66.9 Å². The van der Waals surface area contributed by atoms with Crippen LogP contribution < -0.4 is 10.6 Å². The molecule has 0 atom stereocenters. The standard InChI is InChI=1S/C11H20N4OS2/c1-3-12-11-15-14-10(18-11)9(16)13-7-5-4-6-8-17-2/h3-8H2,1-2H3,(H,12,15)(H,13,16). The van der Waals surface area contributed by atoms with Gasteiger partial charge in [-0.3, -0.25) is 4.79 Å². The lowest BCUT2D eigenvalue weighted by Crippen LogP contribution is -2.24. The van der Waals surface area contributed by atoms with E-state index in [2.05, 4.69) is 27.1 Å². The van der Waals surface area contributed by atoms with Gasteiger partial charge < -0.3 is 10.6 Å². The molecule has 1 aromatic heterocycles. The summed E-state index contributed by atoms with van der Waals surface area (Å²) in [5.41, 5.74) is 0. The van der Waals surface area contributed by atoms with Crippen LogP contribution in [0.25, 0.3) is 0 Å². The molecule has 0 saturated carbocycles. The van der Waals surface area contributed by atoms with E-state index in [-0.39, 0.29) is 5.91 Å². The highest BCUT2D eigenvalue weighted by atomic mass is 32.2. The summed E-state index contributed by atoms with van der Waals surface area (Å²) in [6.07, 6.45) is 5.49. The molecule has 18 heavy (non-hydrogen) atoms. The van der Waals surface area contributed by atoms with Crippen LogP contribution >= 0.6 is 23.1 Å². The van der Waals surface area contributed by atoms with E-state index in [0.29, 0.717) is 16.7 Å². The van der Waals surface area contributed by atoms with Gasteiger partial charge in [-0.05, 0) is 31.8 Å². The number of carbonyl (C=O) groups excluding carboxylic acids is 1. The fraction of sp³-hybridized carbons (Fsp3) is 0.727. The Kier molecular flexibility index (Phi) is 7.75. The third kappa shape index (κ3) is 5.68. The Labute approximate surface area is 116 Å². The van der Waals surface area contributed by atoms with Crippen molar-refractivity contribution in [2.24, 2.45) is 0 Å². The van der Waals surface area contributed by atoms with Gasteiger partial charge in [0.2, 0.25) is 10.1 Å². The van der Waals surface area contributed by atoms with Crippen molar-refractivity contribution in [3.05, 3.63) is 5.01 Å². The minimum atomic E-state index is -0.124. The van der Waals surface area contributed by atoms with Crippen molar-refractivity contribution < 1.29 is 4.79 Å². The highest BCUT2D eigenvalue weighted by Gasteiger charge is 2.11. The number of carbonyl (C=O) groups is 1. The van der Waals surface area contributed by atoms with Crippen molar-refractivity contribution in [2.45, 2.75) is 26.2 Å². The number of anilines is 1. The zero-order valence-corrected chi connectivity index (χ0v) is 12.5. The quantitative estimate of drug-likeness (QED) is 0.682. The van der Waals surface area contributed by atoms with E-state index in [1.165, 1.54) is 23.5 Å². The largest absolute Gasteiger partial charge is 0.360 e. The fourth-order valence-corrected chi connectivity index (χ4v) is 2.58. The second-order valence-corrected chi connectivity index (χ2v) is 5.72. The van der Waals surface area contributed by atoms with Crippen LogP contribution in [0.5, 0.6) is 0 Å². The molecule has 0 aliphatic heterocycles. The smallest absolute Gasteiger partial charge is 0.282 e. The number of rotatable bonds is 9. The molecule has 0 aromatic carbocycles. The van der Waals surface area contributed by atoms with Gasteiger partial charge in [0.1, 0.15) is 0 Å². The fourth-order valence-electron chi connectivity index (χ4n) is 1.36. The van der Waals surface area contributed by atoms with Crippen molar-refractivity contribution in [3.63, 3.8) is 0 Å². The summed E-state index contributed by atoms with van der Waals surface area (Å²) in [5, 5.41) is 14.8. The Morgan fingerprint density at radius 1 is 1.33 bits per heavy atom. The first-order valence-corrected chi connectivity index (χ1v) is 8.33. The first-order valence-electron chi connectivity index (χ1n) is 6.12. The third-order valence-corrected chi connectivity index (χ3v) is 3.83. The van der Waals surface area contributed by atoms with E-state index in [1.807, 2.05) is 18.7 Å². The van der Waals surface area contributed by atoms with E-state index in [4.69, 9.17) is 0 Å². The maximum atomic E-state index is 11.7. The van der Waals surface area contributed by atoms with Gasteiger partial charge in [0, 0.05) is 13.1 Å². The molecule has 0 fully saturated rings. The predicted octanol–water partition coefficient (Wildman–Crippen LogP) is 2.23. The van der Waals surface area contributed by atoms with Gasteiger partial charge in [0.25, 0.3) is 5.91 Å². The van der Waals surface area contributed by atoms with Gasteiger partial charge in [-0.15, -0.1) is 10.2 Å². The molecule has 0 spiro atoms. The zero-order chi connectivity index (χ0) is 13.2. The lowest BCUT2D eigenvalue weighted by atomic mass is 10.2. The summed E-state index contributed by atoms with van der Waals surface area (Å²) in [4.78, 5) is 11.7. The van der Waals surface area contributed by atoms with E-state index in [1.54, 1.807) is 0 Å². The molecule has 102 valence electrons. The molecule has 0 bridgehead atoms. The van der Waals surface area contributed by atoms with Crippen LogP contribution in [0.1, 0.15) is 36.0 Å². The minimum Gasteiger partial charge on any atom is -0.360 e. The van der Waals surface area contributed by atoms with Crippen LogP contribution in [0.2, 0.25) is 0 Å². The van der Waals surface area contributed by atoms with E-state index in [9.17, 15) is 4.79 Å². The summed E-state index contributed by atoms with van der Waals surface area (Å²) in [6, 6.07) is 0. The highest BCUT2D eigenvalue weighted by Crippen LogP contribution is 2.14. The Bertz CT molecular complexity index is 357. The van der Waals surface area contributed by atoms with Gasteiger partial charge >= 0.3 is 0 Å². The second-order valence-electron chi connectivity index (χ2n) is 3.75. The van der Waals surface area contributed by atoms with Crippen molar-refractivity contribution in [1.82, 2.24) is 15.5 Å². The van der Waals surface area contributed by atoms with E-state index in [0.717, 1.165) is 19.4 Å². The van der Waals surface area contributed by atoms with Crippen LogP contribution in [-0.2, 0) is 0 Å². The van der Waals surface area contributed by atoms with Crippen molar-refractivity contribution >= 4 is 34.1 Å². The molecule has 1 heterocycles. The molecule has 1 rings (SSSR count). The number of aromatic nitrogens is 2. The third-order valence-electron chi connectivity index (χ3n) is 2.26. The van der Waals surface area contributed by atoms with Crippen molar-refractivity contribution in [3.8, 4) is 0 Å². The number of nitrogens with one attached hydrogen (secondary N) is 2. The molecule has 0 aliphatic carbocycles. The Hall–Kier alpha value is -0.820. The first-order chi connectivity index (χ1) is 8.77. The Morgan fingerprint density at radius 2 is 2.17 bits per heavy atom. The molecule has 0 radical (unpaired) electrons. The van der Waals surface area contributed by atoms with Crippen LogP contribution in [-0.4, -0.2) is 41.2 Å². The summed E-state index contributed by atoms with van der Waals surface area (Å²) >= 11 is 3.15. The summed E-state index contributed by atoms with van der Waals surface area (Å²) in [7, 11) is 0. The van der Waals surface area contributed by atoms with Gasteiger partial charge in [0.05, 0.1) is 0 Å². The van der Waals surface area contributed by atoms with Crippen LogP contribution in [0, 0.1) is 0 Å². The second kappa shape index (κ2) is 9.16. The number of unbranched alkanes of at least 4 members (excludes halogenated alkanes) is 2. The van der Waals surface area contributed by atoms with Crippen LogP contribution in [0.4, 0.5) is 5.13 Å². The average molecular weight is 288 g/mol. The Morgan fingerprint density at radius 3 is 2.89 bits per heavy atom. The van der Waals surface area contributed by atoms with Gasteiger partial charge in [-0.25, -0.2) is 0 Å². The molecule has 0 saturated heterocycles. The lowest BCUT2D eigenvalue weighted by Gasteiger charge is -2.02. The highest BCUT2D eigenvalue weighted by molar-refractivity contribution is 7.98. The summed E-state index contributed by atoms with van der Waals surface area (Å²) < 4.78 is 0. The number of hydrogen-bond acceptors (Lipinski definition) is 6. The molecule has 0 unspecified atom stereocenters. The number of hydrogen-bond donors (Lipinski definition) is 2. The predicted molar refractivity (Wildman–Crippen MR) is 78.6 cm³/mol. The molecule has 0 aliphatic rings. The van der Waals surface area contributed by atoms with E-state index < -0.39 is 0 Å². The van der Waals surface area contributed by atoms with Crippen molar-refractivity contribution in [1.29, 1.82) is 0 Å². The Balaban J connectivity index is 2.19. The van der Waals surface area contributed by atoms with Crippen LogP contribution in [0.3, 0.4) is 0 Å². The average Bonchev–Trinajstić information content (AvgIpc) is 2.82. The van der Waals surface area contributed by atoms with E-state index >= 15 is 0 Å². The maximum absolute atomic E-state index is 11.7. The molecule has 7 heteroatoms. The first kappa shape index (κ1) is 15.2. The van der Waals surface area contributed by atoms with Gasteiger partial charge in [-0.1, -0.05) is 17.8 Å². The monoisotopic (exact) mass is 288 g/mol. The molecule has 1 amide bonds. The number of thioether (sulfide) groups is 1. The molecule has 2 N–H and O–H groups in total.